The molecular formula is C25H31N3O5. The van der Waals surface area contributed by atoms with Gasteiger partial charge in [0.15, 0.2) is 11.5 Å². The van der Waals surface area contributed by atoms with E-state index in [1.807, 2.05) is 36.4 Å². The van der Waals surface area contributed by atoms with Gasteiger partial charge in [-0.2, -0.15) is 0 Å². The van der Waals surface area contributed by atoms with Gasteiger partial charge in [0, 0.05) is 12.6 Å². The first-order valence-electron chi connectivity index (χ1n) is 11.2. The molecule has 1 aliphatic carbocycles. The van der Waals surface area contributed by atoms with E-state index >= 15 is 0 Å². The topological polar surface area (TPSA) is 89.1 Å². The number of hydrogen-bond donors (Lipinski definition) is 2. The third kappa shape index (κ3) is 4.84. The van der Waals surface area contributed by atoms with E-state index in [-0.39, 0.29) is 24.0 Å². The Morgan fingerprint density at radius 2 is 1.67 bits per heavy atom. The maximum Gasteiger partial charge on any atom is 0.318 e. The van der Waals surface area contributed by atoms with Gasteiger partial charge in [0.2, 0.25) is 5.91 Å². The summed E-state index contributed by atoms with van der Waals surface area (Å²) in [6, 6.07) is 10.6. The van der Waals surface area contributed by atoms with Crippen molar-refractivity contribution in [2.75, 3.05) is 27.9 Å². The van der Waals surface area contributed by atoms with Gasteiger partial charge in [-0.1, -0.05) is 12.1 Å². The molecule has 1 aliphatic heterocycles. The van der Waals surface area contributed by atoms with Gasteiger partial charge in [0.05, 0.1) is 27.4 Å². The van der Waals surface area contributed by atoms with Gasteiger partial charge < -0.3 is 29.7 Å². The molecule has 176 valence electrons. The van der Waals surface area contributed by atoms with Crippen LogP contribution in [0.4, 0.5) is 4.79 Å². The van der Waals surface area contributed by atoms with Crippen molar-refractivity contribution in [2.45, 2.75) is 44.3 Å². The van der Waals surface area contributed by atoms with Crippen LogP contribution in [0.25, 0.3) is 0 Å². The number of fused-ring (bicyclic) bond motifs is 1. The van der Waals surface area contributed by atoms with Crippen molar-refractivity contribution in [1.29, 1.82) is 0 Å². The minimum absolute atomic E-state index is 0.157. The van der Waals surface area contributed by atoms with Crippen molar-refractivity contribution in [2.24, 2.45) is 0 Å². The van der Waals surface area contributed by atoms with Gasteiger partial charge in [0.1, 0.15) is 11.8 Å². The lowest BCUT2D eigenvalue weighted by molar-refractivity contribution is -0.122. The van der Waals surface area contributed by atoms with Gasteiger partial charge in [-0.05, 0) is 67.1 Å². The monoisotopic (exact) mass is 453 g/mol. The predicted molar refractivity (Wildman–Crippen MR) is 124 cm³/mol. The van der Waals surface area contributed by atoms with Crippen molar-refractivity contribution in [3.05, 3.63) is 53.1 Å². The van der Waals surface area contributed by atoms with Crippen LogP contribution in [-0.2, 0) is 11.2 Å². The molecule has 2 atom stereocenters. The second-order valence-electron chi connectivity index (χ2n) is 8.48. The molecule has 3 amide bonds. The summed E-state index contributed by atoms with van der Waals surface area (Å²) in [4.78, 5) is 27.5. The van der Waals surface area contributed by atoms with Crippen molar-refractivity contribution < 1.29 is 23.8 Å². The summed E-state index contributed by atoms with van der Waals surface area (Å²) < 4.78 is 16.3. The zero-order valence-electron chi connectivity index (χ0n) is 19.5. The zero-order chi connectivity index (χ0) is 23.5. The number of benzene rings is 2. The molecular weight excluding hydrogens is 422 g/mol. The number of nitrogens with one attached hydrogen (secondary N) is 2. The maximum atomic E-state index is 13.4. The summed E-state index contributed by atoms with van der Waals surface area (Å²) in [5.41, 5.74) is 3.00. The molecule has 0 aromatic heterocycles. The van der Waals surface area contributed by atoms with Crippen LogP contribution >= 0.6 is 0 Å². The summed E-state index contributed by atoms with van der Waals surface area (Å²) in [6.45, 7) is 2.21. The Morgan fingerprint density at radius 3 is 2.27 bits per heavy atom. The first-order chi connectivity index (χ1) is 15.9. The lowest BCUT2D eigenvalue weighted by Crippen LogP contribution is -2.52. The molecule has 0 unspecified atom stereocenters. The van der Waals surface area contributed by atoms with Crippen molar-refractivity contribution in [3.63, 3.8) is 0 Å². The van der Waals surface area contributed by atoms with E-state index in [0.29, 0.717) is 24.5 Å². The molecule has 4 rings (SSSR count). The molecule has 0 spiro atoms. The van der Waals surface area contributed by atoms with Crippen molar-refractivity contribution in [1.82, 2.24) is 15.5 Å². The molecule has 8 nitrogen and oxygen atoms in total. The number of hydrogen-bond acceptors (Lipinski definition) is 5. The number of amides is 3. The quantitative estimate of drug-likeness (QED) is 0.673. The van der Waals surface area contributed by atoms with Gasteiger partial charge in [-0.25, -0.2) is 4.79 Å². The fraction of sp³-hybridized carbons (Fsp3) is 0.440. The fourth-order valence-corrected chi connectivity index (χ4v) is 4.20. The number of methoxy groups -OCH3 is 3. The number of rotatable bonds is 7. The number of carbonyl (C=O) groups is 2. The highest BCUT2D eigenvalue weighted by molar-refractivity contribution is 5.87. The highest BCUT2D eigenvalue weighted by atomic mass is 16.5. The Kier molecular flexibility index (Phi) is 6.62. The van der Waals surface area contributed by atoms with Crippen LogP contribution in [-0.4, -0.2) is 56.8 Å². The Morgan fingerprint density at radius 1 is 1.00 bits per heavy atom. The number of urea groups is 1. The summed E-state index contributed by atoms with van der Waals surface area (Å²) in [6.07, 6.45) is 2.67. The maximum absolute atomic E-state index is 13.4. The van der Waals surface area contributed by atoms with E-state index in [0.717, 1.165) is 35.3 Å². The van der Waals surface area contributed by atoms with E-state index in [4.69, 9.17) is 14.2 Å². The molecule has 2 aliphatic rings. The van der Waals surface area contributed by atoms with E-state index < -0.39 is 6.04 Å². The zero-order valence-corrected chi connectivity index (χ0v) is 19.5. The Labute approximate surface area is 194 Å². The third-order valence-electron chi connectivity index (χ3n) is 6.22. The molecule has 2 aromatic rings. The average Bonchev–Trinajstić information content (AvgIpc) is 3.66. The summed E-state index contributed by atoms with van der Waals surface area (Å²) in [5, 5.41) is 5.83. The first kappa shape index (κ1) is 22.8. The molecule has 2 N–H and O–H groups in total. The highest BCUT2D eigenvalue weighted by Gasteiger charge is 2.35. The van der Waals surface area contributed by atoms with Crippen LogP contribution in [0.1, 0.15) is 42.5 Å². The lowest BCUT2D eigenvalue weighted by Gasteiger charge is -2.38. The van der Waals surface area contributed by atoms with Gasteiger partial charge in [-0.3, -0.25) is 4.79 Å². The minimum atomic E-state index is -0.624. The molecule has 8 heteroatoms. The van der Waals surface area contributed by atoms with Crippen LogP contribution in [0, 0.1) is 0 Å². The molecule has 1 heterocycles. The van der Waals surface area contributed by atoms with Crippen LogP contribution in [0.3, 0.4) is 0 Å². The highest BCUT2D eigenvalue weighted by Crippen LogP contribution is 2.41. The molecule has 0 saturated heterocycles. The molecule has 0 bridgehead atoms. The number of carbonyl (C=O) groups excluding carboxylic acids is 2. The Balaban J connectivity index is 1.66. The van der Waals surface area contributed by atoms with Crippen LogP contribution in [0.5, 0.6) is 17.2 Å². The average molecular weight is 454 g/mol. The SMILES string of the molecule is COc1ccc([C@H]2c3cc(OC)c(OC)cc3CCN2C(=O)N[C@@H](C)C(=O)NC2CC2)cc1. The Bertz CT molecular complexity index is 1020. The van der Waals surface area contributed by atoms with Crippen LogP contribution in [0.2, 0.25) is 0 Å². The third-order valence-corrected chi connectivity index (χ3v) is 6.22. The van der Waals surface area contributed by atoms with E-state index in [9.17, 15) is 9.59 Å². The number of nitrogens with zero attached hydrogens (tertiary/aromatic N) is 1. The fourth-order valence-electron chi connectivity index (χ4n) is 4.20. The summed E-state index contributed by atoms with van der Waals surface area (Å²) in [7, 11) is 4.83. The second-order valence-corrected chi connectivity index (χ2v) is 8.48. The van der Waals surface area contributed by atoms with E-state index in [1.54, 1.807) is 33.2 Å². The normalized spacial score (nSPS) is 18.1. The van der Waals surface area contributed by atoms with Crippen molar-refractivity contribution in [3.8, 4) is 17.2 Å². The molecule has 2 aromatic carbocycles. The molecule has 1 saturated carbocycles. The van der Waals surface area contributed by atoms with Crippen LogP contribution in [0.15, 0.2) is 36.4 Å². The van der Waals surface area contributed by atoms with Gasteiger partial charge >= 0.3 is 6.03 Å². The van der Waals surface area contributed by atoms with Crippen molar-refractivity contribution >= 4 is 11.9 Å². The summed E-state index contributed by atoms with van der Waals surface area (Å²) in [5.74, 6) is 1.85. The van der Waals surface area contributed by atoms with Crippen LogP contribution < -0.4 is 24.8 Å². The number of ether oxygens (including phenoxy) is 3. The molecule has 1 fully saturated rings. The minimum Gasteiger partial charge on any atom is -0.497 e. The smallest absolute Gasteiger partial charge is 0.318 e. The van der Waals surface area contributed by atoms with Gasteiger partial charge in [0.25, 0.3) is 0 Å². The predicted octanol–water partition coefficient (Wildman–Crippen LogP) is 3.04. The van der Waals surface area contributed by atoms with E-state index in [2.05, 4.69) is 10.6 Å². The largest absolute Gasteiger partial charge is 0.497 e. The van der Waals surface area contributed by atoms with E-state index in [1.165, 1.54) is 0 Å². The molecule has 0 radical (unpaired) electrons. The van der Waals surface area contributed by atoms with Gasteiger partial charge in [-0.15, -0.1) is 0 Å². The Hall–Kier alpha value is -3.42. The standard InChI is InChI=1S/C25H31N3O5/c1-15(24(29)27-18-7-8-18)26-25(30)28-12-11-17-13-21(32-3)22(33-4)14-20(17)23(28)16-5-9-19(31-2)10-6-16/h5-6,9-10,13-15,18,23H,7-8,11-12H2,1-4H3,(H,26,30)(H,27,29)/t15-,23-/m0/s1. The first-order valence-corrected chi connectivity index (χ1v) is 11.2. The second kappa shape index (κ2) is 9.60. The molecule has 33 heavy (non-hydrogen) atoms. The summed E-state index contributed by atoms with van der Waals surface area (Å²) >= 11 is 0. The lowest BCUT2D eigenvalue weighted by atomic mass is 9.87.